The van der Waals surface area contributed by atoms with Crippen LogP contribution >= 0.6 is 0 Å². The molecule has 0 unspecified atom stereocenters. The number of hydrogen-bond donors (Lipinski definition) is 1. The summed E-state index contributed by atoms with van der Waals surface area (Å²) in [7, 11) is 3.11. The lowest BCUT2D eigenvalue weighted by molar-refractivity contribution is 0.0993. The van der Waals surface area contributed by atoms with Gasteiger partial charge < -0.3 is 5.01 Å². The van der Waals surface area contributed by atoms with E-state index in [0.717, 1.165) is 10.7 Å². The molecule has 1 aromatic heterocycles. The number of carbonyl (C=O) groups excluding carboxylic acids is 1. The van der Waals surface area contributed by atoms with Gasteiger partial charge in [0.1, 0.15) is 5.69 Å². The van der Waals surface area contributed by atoms with Crippen LogP contribution in [0.3, 0.4) is 0 Å². The summed E-state index contributed by atoms with van der Waals surface area (Å²) in [5, 5.41) is 1.36. The fourth-order valence-corrected chi connectivity index (χ4v) is 1.25. The lowest BCUT2D eigenvalue weighted by Gasteiger charge is -2.17. The Hall–Kier alpha value is -2.47. The minimum Gasteiger partial charge on any atom is -0.314 e. The minimum atomic E-state index is -0.760. The zero-order valence-corrected chi connectivity index (χ0v) is 10.3. The van der Waals surface area contributed by atoms with Crippen molar-refractivity contribution in [1.82, 2.24) is 9.66 Å². The molecule has 0 aliphatic heterocycles. The number of rotatable bonds is 3. The van der Waals surface area contributed by atoms with Gasteiger partial charge in [-0.1, -0.05) is 0 Å². The molecule has 0 aliphatic rings. The van der Waals surface area contributed by atoms with Gasteiger partial charge in [0.25, 0.3) is 5.56 Å². The van der Waals surface area contributed by atoms with Crippen LogP contribution in [0.15, 0.2) is 25.6 Å². The number of aromatic nitrogens is 2. The number of nitrogens with zero attached hydrogens (tertiary/aromatic N) is 4. The van der Waals surface area contributed by atoms with Gasteiger partial charge in [0.05, 0.1) is 6.01 Å². The van der Waals surface area contributed by atoms with Crippen molar-refractivity contribution in [3.8, 4) is 0 Å². The predicted octanol–water partition coefficient (Wildman–Crippen LogP) is -0.932. The molecular weight excluding hydrogens is 238 g/mol. The highest BCUT2D eigenvalue weighted by Gasteiger charge is 2.14. The number of H-pyrrole nitrogens is 1. The van der Waals surface area contributed by atoms with E-state index in [9.17, 15) is 14.4 Å². The molecule has 0 atom stereocenters. The van der Waals surface area contributed by atoms with Crippen LogP contribution in [0.4, 0.5) is 0 Å². The van der Waals surface area contributed by atoms with Gasteiger partial charge in [-0.15, -0.1) is 4.99 Å². The highest BCUT2D eigenvalue weighted by molar-refractivity contribution is 5.96. The number of hydrogen-bond acceptors (Lipinski definition) is 5. The smallest absolute Gasteiger partial charge is 0.314 e. The summed E-state index contributed by atoms with van der Waals surface area (Å²) in [6.07, 6.45) is 0. The Morgan fingerprint density at radius 2 is 2.17 bits per heavy atom. The average molecular weight is 251 g/mol. The van der Waals surface area contributed by atoms with Crippen LogP contribution in [0.2, 0.25) is 0 Å². The fraction of sp³-hybridized carbons (Fsp3) is 0.400. The molecule has 8 nitrogen and oxygen atoms in total. The Balaban J connectivity index is 3.40. The summed E-state index contributed by atoms with van der Waals surface area (Å²) in [6.45, 7) is 2.20. The third kappa shape index (κ3) is 3.02. The van der Waals surface area contributed by atoms with Crippen molar-refractivity contribution < 1.29 is 4.79 Å². The highest BCUT2D eigenvalue weighted by Crippen LogP contribution is 1.95. The molecular formula is C10H13N5O3. The SMILES string of the molecule is CCN=C=NC(=O)c1cc(=O)[nH]c(=O)n1N(C)C. The molecule has 0 saturated heterocycles. The molecule has 0 fully saturated rings. The third-order valence-electron chi connectivity index (χ3n) is 1.92. The van der Waals surface area contributed by atoms with E-state index < -0.39 is 17.2 Å². The van der Waals surface area contributed by atoms with Crippen molar-refractivity contribution in [1.29, 1.82) is 0 Å². The molecule has 1 aromatic rings. The van der Waals surface area contributed by atoms with Crippen LogP contribution in [-0.2, 0) is 0 Å². The maximum atomic E-state index is 11.7. The average Bonchev–Trinajstić information content (AvgIpc) is 2.27. The molecule has 0 bridgehead atoms. The molecule has 1 amide bonds. The van der Waals surface area contributed by atoms with E-state index in [-0.39, 0.29) is 5.69 Å². The Labute approximate surface area is 102 Å². The van der Waals surface area contributed by atoms with Crippen LogP contribution in [0.5, 0.6) is 0 Å². The van der Waals surface area contributed by atoms with Gasteiger partial charge in [0.15, 0.2) is 0 Å². The van der Waals surface area contributed by atoms with Gasteiger partial charge in [0, 0.05) is 26.7 Å². The van der Waals surface area contributed by atoms with Crippen molar-refractivity contribution in [3.63, 3.8) is 0 Å². The van der Waals surface area contributed by atoms with Gasteiger partial charge in [-0.05, 0) is 6.92 Å². The number of amides is 1. The zero-order chi connectivity index (χ0) is 13.7. The first-order valence-corrected chi connectivity index (χ1v) is 5.18. The van der Waals surface area contributed by atoms with E-state index in [1.54, 1.807) is 21.0 Å². The topological polar surface area (TPSA) is 99.9 Å². The molecule has 0 saturated carbocycles. The molecule has 0 spiro atoms. The van der Waals surface area contributed by atoms with Crippen molar-refractivity contribution in [2.45, 2.75) is 6.92 Å². The van der Waals surface area contributed by atoms with E-state index in [1.165, 1.54) is 5.01 Å². The van der Waals surface area contributed by atoms with Crippen molar-refractivity contribution >= 4 is 11.9 Å². The Kier molecular flexibility index (Phi) is 4.33. The summed E-state index contributed by atoms with van der Waals surface area (Å²) in [5.41, 5.74) is -1.52. The second kappa shape index (κ2) is 5.74. The summed E-state index contributed by atoms with van der Waals surface area (Å²) in [4.78, 5) is 43.6. The molecule has 8 heteroatoms. The largest absolute Gasteiger partial charge is 0.347 e. The Morgan fingerprint density at radius 1 is 1.50 bits per heavy atom. The van der Waals surface area contributed by atoms with E-state index in [1.807, 2.05) is 0 Å². The van der Waals surface area contributed by atoms with E-state index in [2.05, 4.69) is 21.0 Å². The maximum absolute atomic E-state index is 11.7. The standard InChI is InChI=1S/C10H13N5O3/c1-4-11-6-12-9(17)7-5-8(16)13-10(18)15(7)14(2)3/h5H,4H2,1-3H3,(H,13,16,18). The Morgan fingerprint density at radius 3 is 2.72 bits per heavy atom. The van der Waals surface area contributed by atoms with Gasteiger partial charge in [0.2, 0.25) is 0 Å². The number of aromatic amines is 1. The quantitative estimate of drug-likeness (QED) is 0.701. The number of carbonyl (C=O) groups is 1. The third-order valence-corrected chi connectivity index (χ3v) is 1.92. The van der Waals surface area contributed by atoms with Crippen LogP contribution in [-0.4, -0.2) is 42.2 Å². The Bertz CT molecular complexity index is 619. The molecule has 0 aromatic carbocycles. The second-order valence-corrected chi connectivity index (χ2v) is 3.47. The molecule has 1 N–H and O–H groups in total. The lowest BCUT2D eigenvalue weighted by atomic mass is 10.4. The van der Waals surface area contributed by atoms with Crippen LogP contribution in [0.25, 0.3) is 0 Å². The number of nitrogens with one attached hydrogen (secondary N) is 1. The molecule has 96 valence electrons. The summed E-state index contributed by atoms with van der Waals surface area (Å²) < 4.78 is 1.00. The normalized spacial score (nSPS) is 9.50. The molecule has 0 radical (unpaired) electrons. The summed E-state index contributed by atoms with van der Waals surface area (Å²) in [6, 6.07) is 3.19. The first-order valence-electron chi connectivity index (χ1n) is 5.18. The second-order valence-electron chi connectivity index (χ2n) is 3.47. The monoisotopic (exact) mass is 251 g/mol. The van der Waals surface area contributed by atoms with E-state index >= 15 is 0 Å². The van der Waals surface area contributed by atoms with Gasteiger partial charge in [-0.3, -0.25) is 14.6 Å². The van der Waals surface area contributed by atoms with Gasteiger partial charge in [-0.25, -0.2) is 14.5 Å². The summed E-state index contributed by atoms with van der Waals surface area (Å²) >= 11 is 0. The highest BCUT2D eigenvalue weighted by atomic mass is 16.2. The zero-order valence-electron chi connectivity index (χ0n) is 10.3. The first kappa shape index (κ1) is 13.6. The molecule has 1 rings (SSSR count). The predicted molar refractivity (Wildman–Crippen MR) is 66.1 cm³/mol. The molecule has 1 heterocycles. The van der Waals surface area contributed by atoms with Crippen molar-refractivity contribution in [2.24, 2.45) is 9.98 Å². The first-order chi connectivity index (χ1) is 8.47. The fourth-order valence-electron chi connectivity index (χ4n) is 1.25. The van der Waals surface area contributed by atoms with Gasteiger partial charge in [-0.2, -0.15) is 0 Å². The number of aliphatic imine (C=N–C) groups is 2. The minimum absolute atomic E-state index is 0.146. The van der Waals surface area contributed by atoms with Crippen LogP contribution < -0.4 is 16.3 Å². The van der Waals surface area contributed by atoms with Crippen molar-refractivity contribution in [3.05, 3.63) is 32.6 Å². The lowest BCUT2D eigenvalue weighted by Crippen LogP contribution is -2.43. The van der Waals surface area contributed by atoms with Crippen LogP contribution in [0.1, 0.15) is 17.4 Å². The van der Waals surface area contributed by atoms with Crippen LogP contribution in [0, 0.1) is 0 Å². The van der Waals surface area contributed by atoms with Crippen molar-refractivity contribution in [2.75, 3.05) is 25.6 Å². The molecule has 0 aliphatic carbocycles. The summed E-state index contributed by atoms with van der Waals surface area (Å²) in [5.74, 6) is -0.760. The molecule has 18 heavy (non-hydrogen) atoms. The van der Waals surface area contributed by atoms with E-state index in [0.29, 0.717) is 6.54 Å². The maximum Gasteiger partial charge on any atom is 0.347 e. The van der Waals surface area contributed by atoms with Gasteiger partial charge >= 0.3 is 11.6 Å². The van der Waals surface area contributed by atoms with E-state index in [4.69, 9.17) is 0 Å².